The number of aryl methyl sites for hydroxylation is 1. The summed E-state index contributed by atoms with van der Waals surface area (Å²) in [6.07, 6.45) is 2.59. The van der Waals surface area contributed by atoms with Crippen molar-refractivity contribution in [3.8, 4) is 0 Å². The molecule has 23 heavy (non-hydrogen) atoms. The summed E-state index contributed by atoms with van der Waals surface area (Å²) in [6.45, 7) is 5.90. The number of amides is 2. The Labute approximate surface area is 138 Å². The number of hydrogen-bond donors (Lipinski definition) is 0. The number of benzene rings is 1. The zero-order chi connectivity index (χ0) is 16.6. The average Bonchev–Trinajstić information content (AvgIpc) is 2.83. The van der Waals surface area contributed by atoms with Gasteiger partial charge in [-0.2, -0.15) is 0 Å². The lowest BCUT2D eigenvalue weighted by atomic mass is 9.90. The molecule has 3 rings (SSSR count). The molecule has 0 aliphatic carbocycles. The molecule has 2 fully saturated rings. The Bertz CT molecular complexity index is 596. The molecule has 2 aliphatic heterocycles. The highest BCUT2D eigenvalue weighted by molar-refractivity contribution is 5.90. The van der Waals surface area contributed by atoms with Crippen LogP contribution in [-0.4, -0.2) is 41.8 Å². The third kappa shape index (κ3) is 3.12. The smallest absolute Gasteiger partial charge is 0.228 e. The average molecular weight is 314 g/mol. The zero-order valence-electron chi connectivity index (χ0n) is 14.3. The Morgan fingerprint density at radius 1 is 1.22 bits per heavy atom. The second-order valence-electron chi connectivity index (χ2n) is 7.20. The van der Waals surface area contributed by atoms with Gasteiger partial charge in [0.2, 0.25) is 11.8 Å². The fourth-order valence-corrected chi connectivity index (χ4v) is 3.93. The van der Waals surface area contributed by atoms with E-state index in [9.17, 15) is 9.59 Å². The number of piperidine rings is 1. The highest BCUT2D eigenvalue weighted by Gasteiger charge is 2.44. The van der Waals surface area contributed by atoms with Crippen molar-refractivity contribution in [1.82, 2.24) is 9.80 Å². The van der Waals surface area contributed by atoms with Gasteiger partial charge in [0.15, 0.2) is 0 Å². The topological polar surface area (TPSA) is 40.6 Å². The molecular formula is C19H26N2O2. The molecule has 4 heteroatoms. The van der Waals surface area contributed by atoms with E-state index >= 15 is 0 Å². The maximum atomic E-state index is 13.0. The molecule has 4 nitrogen and oxygen atoms in total. The summed E-state index contributed by atoms with van der Waals surface area (Å²) < 4.78 is 0. The molecule has 0 saturated carbocycles. The van der Waals surface area contributed by atoms with Crippen LogP contribution in [-0.2, 0) is 9.59 Å². The number of rotatable bonds is 2. The number of hydrogen-bond acceptors (Lipinski definition) is 2. The van der Waals surface area contributed by atoms with Crippen molar-refractivity contribution in [2.75, 3.05) is 20.1 Å². The number of carbonyl (C=O) groups excluding carboxylic acids is 2. The Morgan fingerprint density at radius 3 is 2.57 bits per heavy atom. The van der Waals surface area contributed by atoms with Crippen molar-refractivity contribution in [2.24, 2.45) is 11.8 Å². The lowest BCUT2D eigenvalue weighted by Gasteiger charge is -2.34. The van der Waals surface area contributed by atoms with E-state index in [-0.39, 0.29) is 23.8 Å². The Hall–Kier alpha value is -1.84. The Kier molecular flexibility index (Phi) is 4.42. The van der Waals surface area contributed by atoms with E-state index in [0.717, 1.165) is 25.1 Å². The van der Waals surface area contributed by atoms with Crippen molar-refractivity contribution in [1.29, 1.82) is 0 Å². The van der Waals surface area contributed by atoms with Gasteiger partial charge in [0, 0.05) is 26.6 Å². The molecule has 2 saturated heterocycles. The quantitative estimate of drug-likeness (QED) is 0.842. The van der Waals surface area contributed by atoms with Crippen LogP contribution >= 0.6 is 0 Å². The maximum Gasteiger partial charge on any atom is 0.228 e. The molecule has 1 aromatic carbocycles. The largest absolute Gasteiger partial charge is 0.342 e. The monoisotopic (exact) mass is 314 g/mol. The van der Waals surface area contributed by atoms with Gasteiger partial charge in [-0.25, -0.2) is 0 Å². The van der Waals surface area contributed by atoms with E-state index in [1.807, 2.05) is 31.0 Å². The van der Waals surface area contributed by atoms with Crippen LogP contribution in [0.15, 0.2) is 24.3 Å². The van der Waals surface area contributed by atoms with E-state index in [1.165, 1.54) is 12.0 Å². The maximum absolute atomic E-state index is 13.0. The summed E-state index contributed by atoms with van der Waals surface area (Å²) in [7, 11) is 1.82. The first-order chi connectivity index (χ1) is 11.0. The van der Waals surface area contributed by atoms with Crippen LogP contribution in [0.2, 0.25) is 0 Å². The van der Waals surface area contributed by atoms with E-state index in [4.69, 9.17) is 0 Å². The molecule has 2 aliphatic rings. The van der Waals surface area contributed by atoms with Crippen LogP contribution in [0.5, 0.6) is 0 Å². The second kappa shape index (κ2) is 6.34. The van der Waals surface area contributed by atoms with E-state index < -0.39 is 0 Å². The van der Waals surface area contributed by atoms with Gasteiger partial charge in [-0.15, -0.1) is 0 Å². The Morgan fingerprint density at radius 2 is 1.91 bits per heavy atom. The molecule has 2 amide bonds. The van der Waals surface area contributed by atoms with Crippen molar-refractivity contribution in [2.45, 2.75) is 39.2 Å². The molecule has 0 aromatic heterocycles. The minimum Gasteiger partial charge on any atom is -0.342 e. The van der Waals surface area contributed by atoms with Gasteiger partial charge in [0.1, 0.15) is 0 Å². The van der Waals surface area contributed by atoms with Gasteiger partial charge < -0.3 is 9.80 Å². The molecule has 0 N–H and O–H groups in total. The molecule has 3 unspecified atom stereocenters. The molecule has 0 radical (unpaired) electrons. The highest BCUT2D eigenvalue weighted by Crippen LogP contribution is 2.38. The lowest BCUT2D eigenvalue weighted by molar-refractivity contribution is -0.138. The first-order valence-electron chi connectivity index (χ1n) is 8.58. The molecule has 2 heterocycles. The van der Waals surface area contributed by atoms with Crippen molar-refractivity contribution in [3.05, 3.63) is 35.4 Å². The van der Waals surface area contributed by atoms with Gasteiger partial charge in [-0.3, -0.25) is 9.59 Å². The Balaban J connectivity index is 1.85. The molecule has 1 aromatic rings. The highest BCUT2D eigenvalue weighted by atomic mass is 16.2. The van der Waals surface area contributed by atoms with Crippen LogP contribution in [0, 0.1) is 18.8 Å². The lowest BCUT2D eigenvalue weighted by Crippen LogP contribution is -2.43. The summed E-state index contributed by atoms with van der Waals surface area (Å²) in [5, 5.41) is 0. The fourth-order valence-electron chi connectivity index (χ4n) is 3.93. The summed E-state index contributed by atoms with van der Waals surface area (Å²) in [4.78, 5) is 29.0. The SMILES string of the molecule is Cc1ccc(C2C(C(=O)N3CCCC(C)C3)CC(=O)N2C)cc1. The van der Waals surface area contributed by atoms with Gasteiger partial charge >= 0.3 is 0 Å². The second-order valence-corrected chi connectivity index (χ2v) is 7.20. The van der Waals surface area contributed by atoms with Crippen LogP contribution in [0.1, 0.15) is 43.4 Å². The summed E-state index contributed by atoms with van der Waals surface area (Å²) >= 11 is 0. The minimum atomic E-state index is -0.250. The normalized spacial score (nSPS) is 28.3. The van der Waals surface area contributed by atoms with Crippen LogP contribution < -0.4 is 0 Å². The van der Waals surface area contributed by atoms with Crippen LogP contribution in [0.3, 0.4) is 0 Å². The van der Waals surface area contributed by atoms with Gasteiger partial charge in [0.25, 0.3) is 0 Å². The van der Waals surface area contributed by atoms with Crippen LogP contribution in [0.25, 0.3) is 0 Å². The summed E-state index contributed by atoms with van der Waals surface area (Å²) in [5.41, 5.74) is 2.25. The standard InChI is InChI=1S/C19H26N2O2/c1-13-6-8-15(9-7-13)18-16(11-17(22)20(18)3)19(23)21-10-4-5-14(2)12-21/h6-9,14,16,18H,4-5,10-12H2,1-3H3. The van der Waals surface area contributed by atoms with Gasteiger partial charge in [-0.05, 0) is 31.2 Å². The van der Waals surface area contributed by atoms with Gasteiger partial charge in [0.05, 0.1) is 12.0 Å². The fraction of sp³-hybridized carbons (Fsp3) is 0.579. The number of likely N-dealkylation sites (tertiary alicyclic amines) is 2. The first kappa shape index (κ1) is 16.0. The third-order valence-electron chi connectivity index (χ3n) is 5.29. The van der Waals surface area contributed by atoms with Crippen molar-refractivity contribution < 1.29 is 9.59 Å². The number of nitrogens with zero attached hydrogens (tertiary/aromatic N) is 2. The molecular weight excluding hydrogens is 288 g/mol. The van der Waals surface area contributed by atoms with E-state index in [2.05, 4.69) is 19.1 Å². The van der Waals surface area contributed by atoms with Crippen molar-refractivity contribution >= 4 is 11.8 Å². The molecule has 0 spiro atoms. The molecule has 0 bridgehead atoms. The summed E-state index contributed by atoms with van der Waals surface area (Å²) in [5.74, 6) is 0.527. The zero-order valence-corrected chi connectivity index (χ0v) is 14.3. The summed E-state index contributed by atoms with van der Waals surface area (Å²) in [6, 6.07) is 8.07. The molecule has 3 atom stereocenters. The molecule has 124 valence electrons. The van der Waals surface area contributed by atoms with Gasteiger partial charge in [-0.1, -0.05) is 36.8 Å². The van der Waals surface area contributed by atoms with Crippen molar-refractivity contribution in [3.63, 3.8) is 0 Å². The minimum absolute atomic E-state index is 0.0685. The number of carbonyl (C=O) groups is 2. The van der Waals surface area contributed by atoms with Crippen LogP contribution in [0.4, 0.5) is 0 Å². The predicted octanol–water partition coefficient (Wildman–Crippen LogP) is 2.77. The predicted molar refractivity (Wildman–Crippen MR) is 89.8 cm³/mol. The van der Waals surface area contributed by atoms with E-state index in [1.54, 1.807) is 4.90 Å². The van der Waals surface area contributed by atoms with E-state index in [0.29, 0.717) is 12.3 Å². The first-order valence-corrected chi connectivity index (χ1v) is 8.58. The third-order valence-corrected chi connectivity index (χ3v) is 5.29.